The van der Waals surface area contributed by atoms with Crippen LogP contribution in [0.1, 0.15) is 38.5 Å². The quantitative estimate of drug-likeness (QED) is 0.745. The molecule has 0 aromatic carbocycles. The van der Waals surface area contributed by atoms with Crippen molar-refractivity contribution in [2.75, 3.05) is 37.7 Å². The first-order valence-electron chi connectivity index (χ1n) is 6.98. The molecule has 0 unspecified atom stereocenters. The van der Waals surface area contributed by atoms with Crippen molar-refractivity contribution in [2.24, 2.45) is 0 Å². The zero-order valence-corrected chi connectivity index (χ0v) is 11.2. The van der Waals surface area contributed by atoms with E-state index in [-0.39, 0.29) is 0 Å². The van der Waals surface area contributed by atoms with Gasteiger partial charge < -0.3 is 10.2 Å². The third-order valence-electron chi connectivity index (χ3n) is 3.75. The van der Waals surface area contributed by atoms with Gasteiger partial charge in [0.2, 0.25) is 0 Å². The molecule has 0 radical (unpaired) electrons. The Morgan fingerprint density at radius 1 is 1.06 bits per heavy atom. The Hall–Kier alpha value is 0.270. The number of hydrogen-bond donors (Lipinski definition) is 1. The average molecular weight is 242 g/mol. The number of rotatable bonds is 5. The standard InChI is InChI=1S/C13H26N2S/c1-2-6-13(5-1)14-7-3-8-15-9-4-11-16-12-10-15/h13-14H,1-12H2. The minimum atomic E-state index is 0.847. The molecule has 3 heteroatoms. The van der Waals surface area contributed by atoms with Gasteiger partial charge in [0.15, 0.2) is 0 Å². The minimum absolute atomic E-state index is 0.847. The maximum atomic E-state index is 3.70. The SMILES string of the molecule is C1CCC(NCCCN2CCCSCC2)C1. The molecule has 0 bridgehead atoms. The summed E-state index contributed by atoms with van der Waals surface area (Å²) in [4.78, 5) is 2.65. The van der Waals surface area contributed by atoms with Crippen LogP contribution in [0.25, 0.3) is 0 Å². The highest BCUT2D eigenvalue weighted by Crippen LogP contribution is 2.17. The summed E-state index contributed by atoms with van der Waals surface area (Å²) in [5, 5.41) is 3.70. The summed E-state index contributed by atoms with van der Waals surface area (Å²) in [6.45, 7) is 5.18. The summed E-state index contributed by atoms with van der Waals surface area (Å²) in [6, 6.07) is 0.847. The Morgan fingerprint density at radius 3 is 2.81 bits per heavy atom. The predicted octanol–water partition coefficient (Wildman–Crippen LogP) is 2.35. The second kappa shape index (κ2) is 7.57. The van der Waals surface area contributed by atoms with Gasteiger partial charge in [-0.25, -0.2) is 0 Å². The van der Waals surface area contributed by atoms with Crippen LogP contribution in [0, 0.1) is 0 Å². The van der Waals surface area contributed by atoms with Crippen LogP contribution in [-0.2, 0) is 0 Å². The third-order valence-corrected chi connectivity index (χ3v) is 4.80. The largest absolute Gasteiger partial charge is 0.314 e. The van der Waals surface area contributed by atoms with Crippen LogP contribution in [0.15, 0.2) is 0 Å². The first-order chi connectivity index (χ1) is 7.95. The van der Waals surface area contributed by atoms with Crippen LogP contribution in [-0.4, -0.2) is 48.6 Å². The van der Waals surface area contributed by atoms with E-state index in [4.69, 9.17) is 0 Å². The summed E-state index contributed by atoms with van der Waals surface area (Å²) in [7, 11) is 0. The molecule has 1 saturated carbocycles. The van der Waals surface area contributed by atoms with Crippen molar-refractivity contribution in [3.05, 3.63) is 0 Å². The maximum Gasteiger partial charge on any atom is 0.00724 e. The first-order valence-corrected chi connectivity index (χ1v) is 8.14. The van der Waals surface area contributed by atoms with Crippen molar-refractivity contribution in [3.63, 3.8) is 0 Å². The van der Waals surface area contributed by atoms with Gasteiger partial charge in [0.05, 0.1) is 0 Å². The zero-order valence-electron chi connectivity index (χ0n) is 10.4. The molecule has 1 aliphatic heterocycles. The fourth-order valence-corrected chi connectivity index (χ4v) is 3.68. The molecule has 0 spiro atoms. The van der Waals surface area contributed by atoms with E-state index in [0.29, 0.717) is 0 Å². The average Bonchev–Trinajstić information content (AvgIpc) is 2.68. The maximum absolute atomic E-state index is 3.70. The lowest BCUT2D eigenvalue weighted by Gasteiger charge is -2.20. The van der Waals surface area contributed by atoms with Gasteiger partial charge in [-0.3, -0.25) is 0 Å². The molecule has 1 saturated heterocycles. The van der Waals surface area contributed by atoms with E-state index in [2.05, 4.69) is 22.0 Å². The van der Waals surface area contributed by atoms with E-state index in [1.54, 1.807) is 0 Å². The lowest BCUT2D eigenvalue weighted by Crippen LogP contribution is -2.32. The molecule has 0 aromatic rings. The zero-order chi connectivity index (χ0) is 11.1. The second-order valence-electron chi connectivity index (χ2n) is 5.10. The number of hydrogen-bond acceptors (Lipinski definition) is 3. The van der Waals surface area contributed by atoms with Crippen LogP contribution in [0.2, 0.25) is 0 Å². The van der Waals surface area contributed by atoms with E-state index >= 15 is 0 Å². The van der Waals surface area contributed by atoms with E-state index in [1.165, 1.54) is 76.2 Å². The van der Waals surface area contributed by atoms with Crippen LogP contribution in [0.4, 0.5) is 0 Å². The highest BCUT2D eigenvalue weighted by Gasteiger charge is 2.13. The Morgan fingerprint density at radius 2 is 1.94 bits per heavy atom. The molecule has 2 fully saturated rings. The van der Waals surface area contributed by atoms with Crippen molar-refractivity contribution in [1.29, 1.82) is 0 Å². The molecule has 94 valence electrons. The first kappa shape index (κ1) is 12.7. The van der Waals surface area contributed by atoms with Crippen LogP contribution in [0.5, 0.6) is 0 Å². The highest BCUT2D eigenvalue weighted by molar-refractivity contribution is 7.99. The smallest absolute Gasteiger partial charge is 0.00724 e. The Balaban J connectivity index is 1.49. The van der Waals surface area contributed by atoms with Crippen molar-refractivity contribution in [3.8, 4) is 0 Å². The highest BCUT2D eigenvalue weighted by atomic mass is 32.2. The van der Waals surface area contributed by atoms with E-state index in [0.717, 1.165) is 6.04 Å². The minimum Gasteiger partial charge on any atom is -0.314 e. The summed E-state index contributed by atoms with van der Waals surface area (Å²) in [5.74, 6) is 2.72. The second-order valence-corrected chi connectivity index (χ2v) is 6.32. The molecule has 2 nitrogen and oxygen atoms in total. The van der Waals surface area contributed by atoms with Gasteiger partial charge in [-0.15, -0.1) is 0 Å². The molecule has 1 aliphatic carbocycles. The molecular formula is C13H26N2S. The number of thioether (sulfide) groups is 1. The molecule has 1 heterocycles. The number of nitrogens with zero attached hydrogens (tertiary/aromatic N) is 1. The van der Waals surface area contributed by atoms with Gasteiger partial charge in [0, 0.05) is 18.3 Å². The van der Waals surface area contributed by atoms with Crippen LogP contribution in [0.3, 0.4) is 0 Å². The summed E-state index contributed by atoms with van der Waals surface area (Å²) in [5.41, 5.74) is 0. The lowest BCUT2D eigenvalue weighted by molar-refractivity contribution is 0.288. The molecule has 0 amide bonds. The van der Waals surface area contributed by atoms with E-state index in [1.807, 2.05) is 0 Å². The normalized spacial score (nSPS) is 24.8. The van der Waals surface area contributed by atoms with Crippen LogP contribution < -0.4 is 5.32 Å². The van der Waals surface area contributed by atoms with Gasteiger partial charge in [-0.2, -0.15) is 11.8 Å². The number of nitrogens with one attached hydrogen (secondary N) is 1. The Bertz CT molecular complexity index is 173. The van der Waals surface area contributed by atoms with Gasteiger partial charge in [0.1, 0.15) is 0 Å². The lowest BCUT2D eigenvalue weighted by atomic mass is 10.2. The monoisotopic (exact) mass is 242 g/mol. The van der Waals surface area contributed by atoms with Crippen LogP contribution >= 0.6 is 11.8 Å². The molecule has 1 N–H and O–H groups in total. The molecule has 2 aliphatic rings. The predicted molar refractivity (Wildman–Crippen MR) is 73.3 cm³/mol. The summed E-state index contributed by atoms with van der Waals surface area (Å²) in [6.07, 6.45) is 8.45. The van der Waals surface area contributed by atoms with Crippen molar-refractivity contribution < 1.29 is 0 Å². The van der Waals surface area contributed by atoms with Gasteiger partial charge in [-0.05, 0) is 51.1 Å². The van der Waals surface area contributed by atoms with Gasteiger partial charge in [0.25, 0.3) is 0 Å². The molecule has 0 atom stereocenters. The van der Waals surface area contributed by atoms with E-state index in [9.17, 15) is 0 Å². The summed E-state index contributed by atoms with van der Waals surface area (Å²) < 4.78 is 0. The Kier molecular flexibility index (Phi) is 6.02. The molecule has 2 rings (SSSR count). The third kappa shape index (κ3) is 4.64. The van der Waals surface area contributed by atoms with Crippen molar-refractivity contribution in [1.82, 2.24) is 10.2 Å². The van der Waals surface area contributed by atoms with Gasteiger partial charge >= 0.3 is 0 Å². The van der Waals surface area contributed by atoms with Crippen molar-refractivity contribution in [2.45, 2.75) is 44.6 Å². The Labute approximate surface area is 105 Å². The summed E-state index contributed by atoms with van der Waals surface area (Å²) >= 11 is 2.12. The fraction of sp³-hybridized carbons (Fsp3) is 1.00. The molecular weight excluding hydrogens is 216 g/mol. The van der Waals surface area contributed by atoms with Crippen molar-refractivity contribution >= 4 is 11.8 Å². The van der Waals surface area contributed by atoms with Gasteiger partial charge in [-0.1, -0.05) is 12.8 Å². The van der Waals surface area contributed by atoms with E-state index < -0.39 is 0 Å². The molecule has 16 heavy (non-hydrogen) atoms. The topological polar surface area (TPSA) is 15.3 Å². The fourth-order valence-electron chi connectivity index (χ4n) is 2.76. The molecule has 0 aromatic heterocycles.